The number of thiazole rings is 1. The first-order valence-corrected chi connectivity index (χ1v) is 11.4. The number of carbonyl (C=O) groups excluding carboxylic acids is 1. The van der Waals surface area contributed by atoms with Crippen molar-refractivity contribution in [3.05, 3.63) is 70.5 Å². The number of hydrogen-bond acceptors (Lipinski definition) is 7. The predicted molar refractivity (Wildman–Crippen MR) is 120 cm³/mol. The quantitative estimate of drug-likeness (QED) is 0.545. The van der Waals surface area contributed by atoms with E-state index in [0.717, 1.165) is 54.6 Å². The van der Waals surface area contributed by atoms with Gasteiger partial charge in [0.05, 0.1) is 6.54 Å². The molecule has 1 unspecified atom stereocenters. The van der Waals surface area contributed by atoms with E-state index in [2.05, 4.69) is 44.9 Å². The van der Waals surface area contributed by atoms with Crippen LogP contribution in [0.1, 0.15) is 41.0 Å². The van der Waals surface area contributed by atoms with Crippen molar-refractivity contribution in [2.75, 3.05) is 19.6 Å². The van der Waals surface area contributed by atoms with Crippen LogP contribution in [-0.2, 0) is 11.3 Å². The molecular weight excluding hydrogens is 410 g/mol. The fraction of sp³-hybridized carbons (Fsp3) is 0.409. The van der Waals surface area contributed by atoms with Crippen molar-refractivity contribution in [1.29, 1.82) is 0 Å². The molecule has 1 aliphatic rings. The van der Waals surface area contributed by atoms with Gasteiger partial charge in [-0.1, -0.05) is 36.9 Å². The van der Waals surface area contributed by atoms with E-state index in [0.29, 0.717) is 12.5 Å². The Balaban J connectivity index is 1.47. The van der Waals surface area contributed by atoms with Gasteiger partial charge < -0.3 is 10.2 Å². The fourth-order valence-electron chi connectivity index (χ4n) is 3.85. The Bertz CT molecular complexity index is 1010. The number of piperidine rings is 1. The summed E-state index contributed by atoms with van der Waals surface area (Å²) in [5.41, 5.74) is 2.13. The highest BCUT2D eigenvalue weighted by Gasteiger charge is 2.27. The van der Waals surface area contributed by atoms with Crippen molar-refractivity contribution in [3.8, 4) is 0 Å². The minimum absolute atomic E-state index is 0.0163. The smallest absolute Gasteiger partial charge is 0.245 e. The Morgan fingerprint density at radius 1 is 1.32 bits per heavy atom. The Hall–Kier alpha value is -2.91. The first kappa shape index (κ1) is 21.3. The zero-order valence-electron chi connectivity index (χ0n) is 17.6. The molecule has 1 N–H and O–H groups in total. The van der Waals surface area contributed by atoms with Crippen LogP contribution in [0.4, 0.5) is 0 Å². The van der Waals surface area contributed by atoms with Crippen LogP contribution in [0.2, 0.25) is 0 Å². The van der Waals surface area contributed by atoms with Gasteiger partial charge in [-0.15, -0.1) is 16.4 Å². The molecule has 31 heavy (non-hydrogen) atoms. The summed E-state index contributed by atoms with van der Waals surface area (Å²) in [7, 11) is 0. The van der Waals surface area contributed by atoms with Crippen molar-refractivity contribution in [2.24, 2.45) is 5.92 Å². The number of likely N-dealkylation sites (tertiary alicyclic amines) is 1. The van der Waals surface area contributed by atoms with E-state index in [4.69, 9.17) is 4.98 Å². The van der Waals surface area contributed by atoms with Crippen LogP contribution >= 0.6 is 11.3 Å². The highest BCUT2D eigenvalue weighted by Crippen LogP contribution is 2.25. The molecule has 1 amide bonds. The number of benzene rings is 1. The maximum Gasteiger partial charge on any atom is 0.245 e. The van der Waals surface area contributed by atoms with Crippen LogP contribution in [0.25, 0.3) is 0 Å². The van der Waals surface area contributed by atoms with E-state index in [1.165, 1.54) is 6.08 Å². The maximum atomic E-state index is 11.8. The number of nitrogens with zero attached hydrogens (tertiary/aromatic N) is 6. The van der Waals surface area contributed by atoms with Crippen molar-refractivity contribution in [1.82, 2.24) is 35.4 Å². The van der Waals surface area contributed by atoms with Gasteiger partial charge in [0.2, 0.25) is 5.91 Å². The molecule has 0 aliphatic carbocycles. The summed E-state index contributed by atoms with van der Waals surface area (Å²) in [4.78, 5) is 18.4. The summed E-state index contributed by atoms with van der Waals surface area (Å²) in [5.74, 6) is 1.26. The molecule has 3 aromatic rings. The number of carbonyl (C=O) groups is 1. The topological polar surface area (TPSA) is 88.8 Å². The molecule has 1 aliphatic heterocycles. The van der Waals surface area contributed by atoms with Gasteiger partial charge in [0.1, 0.15) is 11.0 Å². The van der Waals surface area contributed by atoms with E-state index in [1.807, 2.05) is 34.7 Å². The van der Waals surface area contributed by atoms with Crippen LogP contribution in [0.5, 0.6) is 0 Å². The molecule has 0 spiro atoms. The summed E-state index contributed by atoms with van der Waals surface area (Å²) in [5, 5.41) is 19.2. The molecule has 1 saturated heterocycles. The number of tetrazole rings is 1. The minimum Gasteiger partial charge on any atom is -0.339 e. The molecule has 0 radical (unpaired) electrons. The third kappa shape index (κ3) is 5.23. The second kappa shape index (κ2) is 9.93. The Morgan fingerprint density at radius 2 is 2.10 bits per heavy atom. The lowest BCUT2D eigenvalue weighted by Gasteiger charge is -2.32. The molecule has 1 aromatic carbocycles. The Labute approximate surface area is 186 Å². The summed E-state index contributed by atoms with van der Waals surface area (Å²) < 4.78 is 1.84. The molecule has 0 bridgehead atoms. The monoisotopic (exact) mass is 437 g/mol. The number of aryl methyl sites for hydroxylation is 1. The van der Waals surface area contributed by atoms with Gasteiger partial charge in [0.15, 0.2) is 5.82 Å². The highest BCUT2D eigenvalue weighted by molar-refractivity contribution is 7.09. The number of aromatic nitrogens is 5. The SMILES string of the molecule is C=CC(=O)N1CCC(CNC(c2nc(C)cs2)c2nnnn2Cc2ccccc2)CC1. The fourth-order valence-corrected chi connectivity index (χ4v) is 4.72. The van der Waals surface area contributed by atoms with Gasteiger partial charge in [-0.05, 0) is 54.3 Å². The number of nitrogens with one attached hydrogen (secondary N) is 1. The molecule has 0 saturated carbocycles. The van der Waals surface area contributed by atoms with Crippen LogP contribution in [0, 0.1) is 12.8 Å². The predicted octanol–water partition coefficient (Wildman–Crippen LogP) is 2.59. The van der Waals surface area contributed by atoms with E-state index < -0.39 is 0 Å². The van der Waals surface area contributed by atoms with Gasteiger partial charge in [-0.25, -0.2) is 9.67 Å². The number of rotatable bonds is 8. The standard InChI is InChI=1S/C22H27N7OS/c1-3-19(30)28-11-9-17(10-12-28)13-23-20(22-24-16(2)15-31-22)21-25-26-27-29(21)14-18-7-5-4-6-8-18/h3-8,15,17,20,23H,1,9-14H2,2H3. The van der Waals surface area contributed by atoms with Crippen LogP contribution in [0.3, 0.4) is 0 Å². The first-order chi connectivity index (χ1) is 15.1. The van der Waals surface area contributed by atoms with Crippen molar-refractivity contribution >= 4 is 17.2 Å². The molecule has 1 atom stereocenters. The normalized spacial score (nSPS) is 15.7. The van der Waals surface area contributed by atoms with Crippen molar-refractivity contribution < 1.29 is 4.79 Å². The Kier molecular flexibility index (Phi) is 6.83. The molecule has 9 heteroatoms. The minimum atomic E-state index is -0.176. The van der Waals surface area contributed by atoms with Gasteiger partial charge in [0, 0.05) is 24.2 Å². The zero-order chi connectivity index (χ0) is 21.6. The van der Waals surface area contributed by atoms with Crippen LogP contribution in [0.15, 0.2) is 48.4 Å². The van der Waals surface area contributed by atoms with Gasteiger partial charge >= 0.3 is 0 Å². The van der Waals surface area contributed by atoms with Gasteiger partial charge in [-0.3, -0.25) is 4.79 Å². The van der Waals surface area contributed by atoms with Gasteiger partial charge in [-0.2, -0.15) is 0 Å². The Morgan fingerprint density at radius 3 is 2.77 bits per heavy atom. The van der Waals surface area contributed by atoms with E-state index in [1.54, 1.807) is 11.3 Å². The van der Waals surface area contributed by atoms with Crippen LogP contribution in [-0.4, -0.2) is 55.6 Å². The third-order valence-corrected chi connectivity index (χ3v) is 6.62. The first-order valence-electron chi connectivity index (χ1n) is 10.5. The third-order valence-electron chi connectivity index (χ3n) is 5.59. The number of hydrogen-bond donors (Lipinski definition) is 1. The molecule has 8 nitrogen and oxygen atoms in total. The van der Waals surface area contributed by atoms with E-state index in [-0.39, 0.29) is 11.9 Å². The second-order valence-electron chi connectivity index (χ2n) is 7.82. The average molecular weight is 438 g/mol. The average Bonchev–Trinajstić information content (AvgIpc) is 3.44. The summed E-state index contributed by atoms with van der Waals surface area (Å²) in [6.07, 6.45) is 3.32. The van der Waals surface area contributed by atoms with Crippen LogP contribution < -0.4 is 5.32 Å². The lowest BCUT2D eigenvalue weighted by Crippen LogP contribution is -2.40. The summed E-state index contributed by atoms with van der Waals surface area (Å²) >= 11 is 1.62. The lowest BCUT2D eigenvalue weighted by atomic mass is 9.96. The molecule has 1 fully saturated rings. The zero-order valence-corrected chi connectivity index (χ0v) is 18.5. The molecule has 162 valence electrons. The van der Waals surface area contributed by atoms with Crippen molar-refractivity contribution in [3.63, 3.8) is 0 Å². The number of amides is 1. The second-order valence-corrected chi connectivity index (χ2v) is 8.71. The highest BCUT2D eigenvalue weighted by atomic mass is 32.1. The van der Waals surface area contributed by atoms with E-state index in [9.17, 15) is 4.79 Å². The lowest BCUT2D eigenvalue weighted by molar-refractivity contribution is -0.127. The summed E-state index contributed by atoms with van der Waals surface area (Å²) in [6, 6.07) is 10.00. The maximum absolute atomic E-state index is 11.8. The summed E-state index contributed by atoms with van der Waals surface area (Å²) in [6.45, 7) is 8.54. The largest absolute Gasteiger partial charge is 0.339 e. The van der Waals surface area contributed by atoms with Gasteiger partial charge in [0.25, 0.3) is 0 Å². The van der Waals surface area contributed by atoms with Crippen molar-refractivity contribution in [2.45, 2.75) is 32.4 Å². The molecule has 2 aromatic heterocycles. The molecular formula is C22H27N7OS. The molecule has 4 rings (SSSR count). The van der Waals surface area contributed by atoms with E-state index >= 15 is 0 Å². The molecule has 3 heterocycles.